The maximum atomic E-state index is 12.6. The largest absolute Gasteiger partial charge is 0.481 e. The molecule has 0 fully saturated rings. The van der Waals surface area contributed by atoms with E-state index in [-0.39, 0.29) is 6.54 Å². The number of nitrogens with one attached hydrogen (secondary N) is 1. The highest BCUT2D eigenvalue weighted by Gasteiger charge is 2.40. The standard InChI is InChI=1S/C12H13F4NO2/c13-11(14)12(15,16)7-17-6-9(10(18)19)8-4-2-1-3-5-8/h1-5,9,11,17H,6-7H2,(H,18,19). The zero-order valence-electron chi connectivity index (χ0n) is 9.82. The summed E-state index contributed by atoms with van der Waals surface area (Å²) in [6, 6.07) is 7.97. The molecule has 3 nitrogen and oxygen atoms in total. The van der Waals surface area contributed by atoms with Crippen molar-refractivity contribution in [3.8, 4) is 0 Å². The summed E-state index contributed by atoms with van der Waals surface area (Å²) >= 11 is 0. The average molecular weight is 279 g/mol. The lowest BCUT2D eigenvalue weighted by atomic mass is 9.99. The molecule has 0 aliphatic rings. The smallest absolute Gasteiger partial charge is 0.319 e. The van der Waals surface area contributed by atoms with Gasteiger partial charge in [-0.2, -0.15) is 8.78 Å². The maximum absolute atomic E-state index is 12.6. The first-order chi connectivity index (χ1) is 8.84. The minimum atomic E-state index is -4.17. The molecule has 0 aromatic heterocycles. The van der Waals surface area contributed by atoms with Gasteiger partial charge in [-0.05, 0) is 5.56 Å². The molecular formula is C12H13F4NO2. The third kappa shape index (κ3) is 4.51. The summed E-state index contributed by atoms with van der Waals surface area (Å²) in [5, 5.41) is 11.1. The van der Waals surface area contributed by atoms with Crippen molar-refractivity contribution >= 4 is 5.97 Å². The van der Waals surface area contributed by atoms with Crippen LogP contribution in [0, 0.1) is 0 Å². The highest BCUT2D eigenvalue weighted by atomic mass is 19.3. The molecule has 0 radical (unpaired) electrons. The van der Waals surface area contributed by atoms with Gasteiger partial charge in [-0.1, -0.05) is 30.3 Å². The number of alkyl halides is 4. The summed E-state index contributed by atoms with van der Waals surface area (Å²) in [6.07, 6.45) is -3.78. The normalized spacial score (nSPS) is 13.5. The van der Waals surface area contributed by atoms with Gasteiger partial charge in [0, 0.05) is 6.54 Å². The van der Waals surface area contributed by atoms with Crippen LogP contribution in [0.5, 0.6) is 0 Å². The van der Waals surface area contributed by atoms with Crippen LogP contribution in [0.3, 0.4) is 0 Å². The summed E-state index contributed by atoms with van der Waals surface area (Å²) in [5.74, 6) is -6.44. The van der Waals surface area contributed by atoms with Crippen molar-refractivity contribution in [3.05, 3.63) is 35.9 Å². The molecule has 0 bridgehead atoms. The molecule has 0 amide bonds. The van der Waals surface area contributed by atoms with E-state index in [4.69, 9.17) is 5.11 Å². The van der Waals surface area contributed by atoms with Gasteiger partial charge in [-0.15, -0.1) is 0 Å². The maximum Gasteiger partial charge on any atom is 0.319 e. The Morgan fingerprint density at radius 3 is 2.32 bits per heavy atom. The Bertz CT molecular complexity index is 411. The molecule has 0 heterocycles. The molecule has 0 aliphatic carbocycles. The number of halogens is 4. The lowest BCUT2D eigenvalue weighted by Gasteiger charge is -2.18. The summed E-state index contributed by atoms with van der Waals surface area (Å²) in [5.41, 5.74) is 0.419. The third-order valence-corrected chi connectivity index (χ3v) is 2.53. The van der Waals surface area contributed by atoms with Crippen LogP contribution in [0.1, 0.15) is 11.5 Å². The van der Waals surface area contributed by atoms with Gasteiger partial charge in [0.1, 0.15) is 0 Å². The molecule has 19 heavy (non-hydrogen) atoms. The van der Waals surface area contributed by atoms with Gasteiger partial charge >= 0.3 is 18.3 Å². The molecule has 106 valence electrons. The summed E-state index contributed by atoms with van der Waals surface area (Å²) in [4.78, 5) is 11.0. The minimum absolute atomic E-state index is 0.346. The number of hydrogen-bond donors (Lipinski definition) is 2. The Hall–Kier alpha value is -1.63. The number of carboxylic acid groups (broad SMARTS) is 1. The van der Waals surface area contributed by atoms with Gasteiger partial charge < -0.3 is 10.4 Å². The van der Waals surface area contributed by atoms with Gasteiger partial charge in [-0.3, -0.25) is 4.79 Å². The fourth-order valence-electron chi connectivity index (χ4n) is 1.49. The molecule has 1 rings (SSSR count). The molecule has 1 aromatic carbocycles. The number of hydrogen-bond acceptors (Lipinski definition) is 2. The van der Waals surface area contributed by atoms with Crippen molar-refractivity contribution in [2.24, 2.45) is 0 Å². The highest BCUT2D eigenvalue weighted by molar-refractivity contribution is 5.76. The van der Waals surface area contributed by atoms with Gasteiger partial charge in [-0.25, -0.2) is 8.78 Å². The number of carbonyl (C=O) groups is 1. The molecular weight excluding hydrogens is 266 g/mol. The van der Waals surface area contributed by atoms with Crippen molar-refractivity contribution in [1.29, 1.82) is 0 Å². The van der Waals surface area contributed by atoms with E-state index in [0.29, 0.717) is 5.56 Å². The van der Waals surface area contributed by atoms with Crippen molar-refractivity contribution < 1.29 is 27.5 Å². The van der Waals surface area contributed by atoms with Gasteiger partial charge in [0.25, 0.3) is 0 Å². The topological polar surface area (TPSA) is 49.3 Å². The van der Waals surface area contributed by atoms with Gasteiger partial charge in [0.05, 0.1) is 12.5 Å². The fourth-order valence-corrected chi connectivity index (χ4v) is 1.49. The van der Waals surface area contributed by atoms with Crippen LogP contribution < -0.4 is 5.32 Å². The Kier molecular flexibility index (Phi) is 5.29. The molecule has 2 N–H and O–H groups in total. The zero-order chi connectivity index (χ0) is 14.5. The fraction of sp³-hybridized carbons (Fsp3) is 0.417. The number of aliphatic carboxylic acids is 1. The first kappa shape index (κ1) is 15.4. The van der Waals surface area contributed by atoms with Crippen molar-refractivity contribution in [1.82, 2.24) is 5.32 Å². The second-order valence-corrected chi connectivity index (χ2v) is 3.99. The van der Waals surface area contributed by atoms with Crippen LogP contribution in [0.15, 0.2) is 30.3 Å². The highest BCUT2D eigenvalue weighted by Crippen LogP contribution is 2.22. The van der Waals surface area contributed by atoms with Crippen LogP contribution in [-0.4, -0.2) is 36.5 Å². The second kappa shape index (κ2) is 6.51. The summed E-state index contributed by atoms with van der Waals surface area (Å²) in [7, 11) is 0. The Morgan fingerprint density at radius 2 is 1.84 bits per heavy atom. The van der Waals surface area contributed by atoms with Crippen molar-refractivity contribution in [2.75, 3.05) is 13.1 Å². The molecule has 0 spiro atoms. The lowest BCUT2D eigenvalue weighted by molar-refractivity contribution is -0.139. The van der Waals surface area contributed by atoms with E-state index in [1.165, 1.54) is 12.1 Å². The molecule has 0 saturated heterocycles. The third-order valence-electron chi connectivity index (χ3n) is 2.53. The number of carboxylic acids is 1. The van der Waals surface area contributed by atoms with E-state index < -0.39 is 30.8 Å². The first-order valence-electron chi connectivity index (χ1n) is 5.49. The summed E-state index contributed by atoms with van der Waals surface area (Å²) < 4.78 is 49.1. The zero-order valence-corrected chi connectivity index (χ0v) is 9.82. The van der Waals surface area contributed by atoms with E-state index in [2.05, 4.69) is 5.32 Å². The SMILES string of the molecule is O=C(O)C(CNCC(F)(F)C(F)F)c1ccccc1. The van der Waals surface area contributed by atoms with Crippen LogP contribution in [-0.2, 0) is 4.79 Å². The number of benzene rings is 1. The minimum Gasteiger partial charge on any atom is -0.481 e. The predicted molar refractivity (Wildman–Crippen MR) is 60.6 cm³/mol. The van der Waals surface area contributed by atoms with E-state index in [0.717, 1.165) is 0 Å². The van der Waals surface area contributed by atoms with E-state index in [1.807, 2.05) is 0 Å². The molecule has 1 unspecified atom stereocenters. The average Bonchev–Trinajstić information content (AvgIpc) is 2.35. The predicted octanol–water partition coefficient (Wildman–Crippen LogP) is 2.34. The van der Waals surface area contributed by atoms with E-state index >= 15 is 0 Å². The van der Waals surface area contributed by atoms with Crippen LogP contribution >= 0.6 is 0 Å². The van der Waals surface area contributed by atoms with Gasteiger partial charge in [0.15, 0.2) is 0 Å². The molecule has 0 aliphatic heterocycles. The quantitative estimate of drug-likeness (QED) is 0.753. The Labute approximate surface area is 107 Å². The Morgan fingerprint density at radius 1 is 1.26 bits per heavy atom. The lowest BCUT2D eigenvalue weighted by Crippen LogP contribution is -2.41. The van der Waals surface area contributed by atoms with E-state index in [9.17, 15) is 22.4 Å². The van der Waals surface area contributed by atoms with Gasteiger partial charge in [0.2, 0.25) is 0 Å². The first-order valence-corrected chi connectivity index (χ1v) is 5.49. The number of rotatable bonds is 7. The second-order valence-electron chi connectivity index (χ2n) is 3.99. The van der Waals surface area contributed by atoms with Crippen LogP contribution in [0.25, 0.3) is 0 Å². The van der Waals surface area contributed by atoms with Crippen LogP contribution in [0.2, 0.25) is 0 Å². The molecule has 1 aromatic rings. The summed E-state index contributed by atoms with van der Waals surface area (Å²) in [6.45, 7) is -1.61. The van der Waals surface area contributed by atoms with E-state index in [1.54, 1.807) is 18.2 Å². The monoisotopic (exact) mass is 279 g/mol. The van der Waals surface area contributed by atoms with Crippen molar-refractivity contribution in [3.63, 3.8) is 0 Å². The van der Waals surface area contributed by atoms with Crippen LogP contribution in [0.4, 0.5) is 17.6 Å². The molecule has 7 heteroatoms. The van der Waals surface area contributed by atoms with Crippen molar-refractivity contribution in [2.45, 2.75) is 18.3 Å². The molecule has 0 saturated carbocycles. The Balaban J connectivity index is 2.60. The molecule has 1 atom stereocenters.